The molecule has 1 saturated carbocycles. The summed E-state index contributed by atoms with van der Waals surface area (Å²) in [6.45, 7) is 1.97. The summed E-state index contributed by atoms with van der Waals surface area (Å²) in [5, 5.41) is 19.6. The lowest BCUT2D eigenvalue weighted by Crippen LogP contribution is -2.21. The van der Waals surface area contributed by atoms with Gasteiger partial charge in [-0.3, -0.25) is 0 Å². The topological polar surface area (TPSA) is 144 Å². The van der Waals surface area contributed by atoms with E-state index in [1.54, 1.807) is 12.3 Å². The quantitative estimate of drug-likeness (QED) is 0.186. The SMILES string of the molecule is CCOC(=O)c1csc(N/C(=C(/Oc2ccc(S(N)(=O)=O)cc2)C(=N)C2CCCC2)c2ccccc2)n1. The fraction of sp³-hybridized carbons (Fsp3) is 0.269. The Hall–Kier alpha value is -3.54. The summed E-state index contributed by atoms with van der Waals surface area (Å²) in [4.78, 5) is 16.5. The monoisotopic (exact) mass is 540 g/mol. The second kappa shape index (κ2) is 11.7. The summed E-state index contributed by atoms with van der Waals surface area (Å²) < 4.78 is 34.7. The molecule has 0 bridgehead atoms. The average Bonchev–Trinajstić information content (AvgIpc) is 3.59. The number of hydrogen-bond donors (Lipinski definition) is 3. The fourth-order valence-corrected chi connectivity index (χ4v) is 5.26. The van der Waals surface area contributed by atoms with Crippen LogP contribution >= 0.6 is 11.3 Å². The van der Waals surface area contributed by atoms with Crippen molar-refractivity contribution >= 4 is 43.9 Å². The smallest absolute Gasteiger partial charge is 0.357 e. The minimum atomic E-state index is -3.85. The number of aromatic nitrogens is 1. The van der Waals surface area contributed by atoms with E-state index in [9.17, 15) is 13.2 Å². The summed E-state index contributed by atoms with van der Waals surface area (Å²) in [7, 11) is -3.85. The number of hydrogen-bond acceptors (Lipinski definition) is 9. The van der Waals surface area contributed by atoms with Crippen LogP contribution in [0.2, 0.25) is 0 Å². The van der Waals surface area contributed by atoms with Gasteiger partial charge in [-0.2, -0.15) is 0 Å². The molecule has 0 spiro atoms. The first-order valence-corrected chi connectivity index (χ1v) is 14.3. The molecule has 1 aliphatic carbocycles. The van der Waals surface area contributed by atoms with Crippen molar-refractivity contribution in [3.05, 3.63) is 77.0 Å². The largest absolute Gasteiger partial charge is 0.461 e. The number of esters is 1. The Kier molecular flexibility index (Phi) is 8.37. The number of nitrogens with zero attached hydrogens (tertiary/aromatic N) is 1. The van der Waals surface area contributed by atoms with Crippen molar-refractivity contribution in [1.82, 2.24) is 4.98 Å². The molecule has 4 rings (SSSR count). The van der Waals surface area contributed by atoms with Gasteiger partial charge in [0, 0.05) is 16.9 Å². The maximum absolute atomic E-state index is 12.1. The van der Waals surface area contributed by atoms with Crippen LogP contribution in [0, 0.1) is 11.3 Å². The van der Waals surface area contributed by atoms with Crippen molar-refractivity contribution in [1.29, 1.82) is 5.41 Å². The number of primary sulfonamides is 1. The Morgan fingerprint density at radius 3 is 2.43 bits per heavy atom. The van der Waals surface area contributed by atoms with E-state index in [1.807, 2.05) is 30.3 Å². The molecule has 9 nitrogen and oxygen atoms in total. The van der Waals surface area contributed by atoms with Crippen molar-refractivity contribution in [3.63, 3.8) is 0 Å². The van der Waals surface area contributed by atoms with Gasteiger partial charge < -0.3 is 20.2 Å². The van der Waals surface area contributed by atoms with E-state index >= 15 is 0 Å². The van der Waals surface area contributed by atoms with Gasteiger partial charge in [-0.05, 0) is 44.0 Å². The standard InChI is InChI=1S/C26H28N4O5S2/c1-2-34-25(31)21-16-36-26(29-21)30-23(18-10-4-3-5-11-18)24(22(27)17-8-6-7-9-17)35-19-12-14-20(15-13-19)37(28,32)33/h3-5,10-17,27H,2,6-9H2,1H3,(H,29,30)(H2,28,32,33)/b24-23+,27-22?. The molecule has 0 amide bonds. The van der Waals surface area contributed by atoms with Crippen LogP contribution < -0.4 is 15.2 Å². The summed E-state index contributed by atoms with van der Waals surface area (Å²) >= 11 is 1.24. The zero-order valence-electron chi connectivity index (χ0n) is 20.3. The molecule has 0 radical (unpaired) electrons. The molecule has 1 heterocycles. The molecule has 2 aromatic carbocycles. The van der Waals surface area contributed by atoms with Gasteiger partial charge in [0.05, 0.1) is 22.9 Å². The molecule has 0 aliphatic heterocycles. The van der Waals surface area contributed by atoms with Gasteiger partial charge in [0.25, 0.3) is 0 Å². The number of ether oxygens (including phenoxy) is 2. The van der Waals surface area contributed by atoms with Crippen molar-refractivity contribution in [2.24, 2.45) is 11.1 Å². The Labute approximate surface area is 219 Å². The molecular weight excluding hydrogens is 512 g/mol. The highest BCUT2D eigenvalue weighted by molar-refractivity contribution is 7.89. The van der Waals surface area contributed by atoms with Crippen LogP contribution in [0.3, 0.4) is 0 Å². The Morgan fingerprint density at radius 1 is 1.14 bits per heavy atom. The molecule has 3 aromatic rings. The van der Waals surface area contributed by atoms with Crippen LogP contribution in [0.4, 0.5) is 5.13 Å². The minimum absolute atomic E-state index is 0.0191. The number of allylic oxidation sites excluding steroid dienone is 1. The fourth-order valence-electron chi connectivity index (χ4n) is 4.06. The van der Waals surface area contributed by atoms with Gasteiger partial charge in [0.1, 0.15) is 5.75 Å². The molecule has 0 saturated heterocycles. The van der Waals surface area contributed by atoms with Crippen LogP contribution in [0.15, 0.2) is 70.6 Å². The highest BCUT2D eigenvalue weighted by Crippen LogP contribution is 2.33. The highest BCUT2D eigenvalue weighted by Gasteiger charge is 2.27. The third-order valence-electron chi connectivity index (χ3n) is 5.89. The third-order valence-corrected chi connectivity index (χ3v) is 7.58. The van der Waals surface area contributed by atoms with Crippen LogP contribution in [-0.4, -0.2) is 31.7 Å². The third kappa shape index (κ3) is 6.62. The number of carbonyl (C=O) groups is 1. The maximum Gasteiger partial charge on any atom is 0.357 e. The average molecular weight is 541 g/mol. The van der Waals surface area contributed by atoms with Gasteiger partial charge in [0.2, 0.25) is 10.0 Å². The Balaban J connectivity index is 1.78. The number of thiazole rings is 1. The Bertz CT molecular complexity index is 1390. The van der Waals surface area contributed by atoms with E-state index in [-0.39, 0.29) is 23.1 Å². The first-order valence-electron chi connectivity index (χ1n) is 11.8. The van der Waals surface area contributed by atoms with E-state index in [0.29, 0.717) is 28.0 Å². The summed E-state index contributed by atoms with van der Waals surface area (Å²) in [5.74, 6) is 0.161. The van der Waals surface area contributed by atoms with Crippen molar-refractivity contribution in [2.75, 3.05) is 11.9 Å². The molecule has 1 aromatic heterocycles. The molecule has 1 fully saturated rings. The molecule has 194 valence electrons. The number of nitrogens with two attached hydrogens (primary N) is 1. The second-order valence-corrected chi connectivity index (χ2v) is 10.9. The number of benzene rings is 2. The number of nitrogens with one attached hydrogen (secondary N) is 2. The second-order valence-electron chi connectivity index (χ2n) is 8.47. The molecule has 1 aliphatic rings. The van der Waals surface area contributed by atoms with Crippen LogP contribution in [0.5, 0.6) is 5.75 Å². The molecule has 37 heavy (non-hydrogen) atoms. The number of sulfonamides is 1. The maximum atomic E-state index is 12.1. The van der Waals surface area contributed by atoms with E-state index < -0.39 is 16.0 Å². The van der Waals surface area contributed by atoms with Gasteiger partial charge in [-0.1, -0.05) is 43.2 Å². The van der Waals surface area contributed by atoms with E-state index in [0.717, 1.165) is 31.2 Å². The summed E-state index contributed by atoms with van der Waals surface area (Å²) in [6, 6.07) is 15.2. The van der Waals surface area contributed by atoms with E-state index in [4.69, 9.17) is 20.0 Å². The predicted molar refractivity (Wildman–Crippen MR) is 143 cm³/mol. The lowest BCUT2D eigenvalue weighted by Gasteiger charge is -2.21. The predicted octanol–water partition coefficient (Wildman–Crippen LogP) is 5.04. The normalized spacial score (nSPS) is 14.6. The number of rotatable bonds is 10. The summed E-state index contributed by atoms with van der Waals surface area (Å²) in [6.07, 6.45) is 3.82. The number of anilines is 1. The Morgan fingerprint density at radius 2 is 1.81 bits per heavy atom. The zero-order chi connectivity index (χ0) is 26.4. The lowest BCUT2D eigenvalue weighted by molar-refractivity contribution is 0.0520. The van der Waals surface area contributed by atoms with Gasteiger partial charge in [0.15, 0.2) is 16.6 Å². The minimum Gasteiger partial charge on any atom is -0.461 e. The molecular formula is C26H28N4O5S2. The zero-order valence-corrected chi connectivity index (χ0v) is 21.9. The summed E-state index contributed by atoms with van der Waals surface area (Å²) in [5.41, 5.74) is 1.79. The van der Waals surface area contributed by atoms with E-state index in [1.165, 1.54) is 35.6 Å². The van der Waals surface area contributed by atoms with Crippen molar-refractivity contribution in [3.8, 4) is 5.75 Å². The van der Waals surface area contributed by atoms with Crippen molar-refractivity contribution in [2.45, 2.75) is 37.5 Å². The number of carbonyl (C=O) groups excluding carboxylic acids is 1. The van der Waals surface area contributed by atoms with Crippen LogP contribution in [0.1, 0.15) is 48.7 Å². The lowest BCUT2D eigenvalue weighted by atomic mass is 9.97. The van der Waals surface area contributed by atoms with E-state index in [2.05, 4.69) is 10.3 Å². The molecule has 0 unspecified atom stereocenters. The van der Waals surface area contributed by atoms with Crippen LogP contribution in [0.25, 0.3) is 5.70 Å². The molecule has 11 heteroatoms. The van der Waals surface area contributed by atoms with Gasteiger partial charge in [-0.15, -0.1) is 11.3 Å². The van der Waals surface area contributed by atoms with Crippen LogP contribution in [-0.2, 0) is 14.8 Å². The highest BCUT2D eigenvalue weighted by atomic mass is 32.2. The first-order chi connectivity index (χ1) is 17.8. The molecule has 4 N–H and O–H groups in total. The van der Waals surface area contributed by atoms with Gasteiger partial charge >= 0.3 is 5.97 Å². The molecule has 0 atom stereocenters. The van der Waals surface area contributed by atoms with Crippen molar-refractivity contribution < 1.29 is 22.7 Å². The van der Waals surface area contributed by atoms with Gasteiger partial charge in [-0.25, -0.2) is 23.3 Å². The first kappa shape index (κ1) is 26.5.